The molecule has 2 nitrogen and oxygen atoms in total. The van der Waals surface area contributed by atoms with Crippen LogP contribution >= 0.6 is 0 Å². The summed E-state index contributed by atoms with van der Waals surface area (Å²) in [6.45, 7) is 10.5. The lowest BCUT2D eigenvalue weighted by Gasteiger charge is -2.67. The van der Waals surface area contributed by atoms with E-state index in [1.165, 1.54) is 12.8 Å². The van der Waals surface area contributed by atoms with Gasteiger partial charge in [0.2, 0.25) is 0 Å². The molecule has 4 unspecified atom stereocenters. The van der Waals surface area contributed by atoms with Gasteiger partial charge in [-0.3, -0.25) is 4.79 Å². The van der Waals surface area contributed by atoms with Crippen LogP contribution in [0.25, 0.3) is 0 Å². The van der Waals surface area contributed by atoms with E-state index in [1.807, 2.05) is 0 Å². The Balaban J connectivity index is 2.05. The maximum absolute atomic E-state index is 12.0. The zero-order valence-electron chi connectivity index (χ0n) is 12.3. The molecule has 0 saturated heterocycles. The Bertz CT molecular complexity index is 474. The van der Waals surface area contributed by atoms with E-state index in [0.29, 0.717) is 24.7 Å². The summed E-state index contributed by atoms with van der Waals surface area (Å²) < 4.78 is 0. The number of hydrogen-bond donors (Lipinski definition) is 0. The Hall–Kier alpha value is -0.920. The number of carbonyl (C=O) groups excluding carboxylic acids is 2. The second kappa shape index (κ2) is 3.80. The Morgan fingerprint density at radius 3 is 2.63 bits per heavy atom. The third-order valence-corrected chi connectivity index (χ3v) is 6.23. The van der Waals surface area contributed by atoms with Crippen LogP contribution in [-0.2, 0) is 9.59 Å². The molecule has 0 heterocycles. The third-order valence-electron chi connectivity index (χ3n) is 6.23. The average Bonchev–Trinajstić information content (AvgIpc) is 2.45. The molecule has 0 amide bonds. The summed E-state index contributed by atoms with van der Waals surface area (Å²) in [5.74, 6) is 1.80. The van der Waals surface area contributed by atoms with Crippen molar-refractivity contribution in [1.29, 1.82) is 0 Å². The fraction of sp³-hybridized carbons (Fsp3) is 0.765. The minimum absolute atomic E-state index is 0.0786. The van der Waals surface area contributed by atoms with Gasteiger partial charge in [-0.1, -0.05) is 26.8 Å². The number of rotatable bonds is 2. The zero-order valence-corrected chi connectivity index (χ0v) is 12.3. The molecule has 4 aliphatic carbocycles. The molecular weight excluding hydrogens is 236 g/mol. The van der Waals surface area contributed by atoms with E-state index in [9.17, 15) is 9.59 Å². The molecule has 4 atom stereocenters. The predicted molar refractivity (Wildman–Crippen MR) is 74.6 cm³/mol. The van der Waals surface area contributed by atoms with E-state index in [4.69, 9.17) is 0 Å². The molecular formula is C17H24O2. The van der Waals surface area contributed by atoms with Gasteiger partial charge in [0.25, 0.3) is 0 Å². The van der Waals surface area contributed by atoms with Crippen molar-refractivity contribution < 1.29 is 9.59 Å². The first-order valence-electron chi connectivity index (χ1n) is 7.51. The summed E-state index contributed by atoms with van der Waals surface area (Å²) in [7, 11) is 0. The topological polar surface area (TPSA) is 34.1 Å². The van der Waals surface area contributed by atoms with E-state index in [2.05, 4.69) is 20.4 Å². The largest absolute Gasteiger partial charge is 0.300 e. The van der Waals surface area contributed by atoms with Crippen molar-refractivity contribution in [2.75, 3.05) is 0 Å². The van der Waals surface area contributed by atoms with Crippen LogP contribution in [0.1, 0.15) is 52.9 Å². The van der Waals surface area contributed by atoms with Crippen molar-refractivity contribution in [2.24, 2.45) is 28.6 Å². The highest BCUT2D eigenvalue weighted by Gasteiger charge is 2.69. The van der Waals surface area contributed by atoms with Crippen LogP contribution in [0.5, 0.6) is 0 Å². The van der Waals surface area contributed by atoms with Gasteiger partial charge in [0.05, 0.1) is 0 Å². The van der Waals surface area contributed by atoms with Gasteiger partial charge in [0, 0.05) is 12.8 Å². The van der Waals surface area contributed by atoms with E-state index in [0.717, 1.165) is 12.0 Å². The van der Waals surface area contributed by atoms with Gasteiger partial charge >= 0.3 is 0 Å². The first-order valence-corrected chi connectivity index (χ1v) is 7.51. The highest BCUT2D eigenvalue weighted by Crippen LogP contribution is 2.73. The van der Waals surface area contributed by atoms with E-state index in [-0.39, 0.29) is 28.3 Å². The van der Waals surface area contributed by atoms with Crippen LogP contribution < -0.4 is 0 Å². The smallest absolute Gasteiger partial charge is 0.158 e. The van der Waals surface area contributed by atoms with Crippen molar-refractivity contribution in [2.45, 2.75) is 52.9 Å². The number of Topliss-reactive ketones (excluding diaryl/α,β-unsaturated/α-hetero) is 2. The quantitative estimate of drug-likeness (QED) is 0.711. The van der Waals surface area contributed by atoms with Crippen molar-refractivity contribution >= 4 is 11.6 Å². The fourth-order valence-electron chi connectivity index (χ4n) is 5.63. The predicted octanol–water partition coefficient (Wildman–Crippen LogP) is 3.55. The van der Waals surface area contributed by atoms with Crippen LogP contribution in [0.2, 0.25) is 0 Å². The molecule has 4 aliphatic rings. The van der Waals surface area contributed by atoms with Gasteiger partial charge in [0.15, 0.2) is 5.78 Å². The lowest BCUT2D eigenvalue weighted by atomic mass is 9.35. The summed E-state index contributed by atoms with van der Waals surface area (Å²) in [4.78, 5) is 23.8. The van der Waals surface area contributed by atoms with Crippen molar-refractivity contribution in [3.8, 4) is 0 Å². The number of allylic oxidation sites excluding steroid dienone is 1. The first kappa shape index (κ1) is 13.1. The standard InChI is InChI=1S/C17H24O2/c1-10(18)9-17-7-5-6-16(3,4)15-12(17)8-13(19)11(2)14(15)17/h12,14-15H,2,5-9H2,1,3-4H3. The molecule has 0 N–H and O–H groups in total. The summed E-state index contributed by atoms with van der Waals surface area (Å²) >= 11 is 0. The molecule has 0 spiro atoms. The summed E-state index contributed by atoms with van der Waals surface area (Å²) in [6, 6.07) is 0. The second-order valence-corrected chi connectivity index (χ2v) is 7.72. The van der Waals surface area contributed by atoms with Crippen LogP contribution in [-0.4, -0.2) is 11.6 Å². The number of fused-ring (bicyclic) bond motifs is 2. The van der Waals surface area contributed by atoms with Crippen LogP contribution in [0, 0.1) is 28.6 Å². The number of hydrogen-bond acceptors (Lipinski definition) is 2. The van der Waals surface area contributed by atoms with Crippen LogP contribution in [0.3, 0.4) is 0 Å². The molecule has 0 aliphatic heterocycles. The van der Waals surface area contributed by atoms with Gasteiger partial charge in [-0.25, -0.2) is 0 Å². The molecule has 4 fully saturated rings. The normalized spacial score (nSPS) is 43.4. The minimum Gasteiger partial charge on any atom is -0.300 e. The maximum Gasteiger partial charge on any atom is 0.158 e. The number of ketones is 2. The van der Waals surface area contributed by atoms with Crippen LogP contribution in [0.15, 0.2) is 12.2 Å². The molecule has 19 heavy (non-hydrogen) atoms. The fourth-order valence-corrected chi connectivity index (χ4v) is 5.63. The van der Waals surface area contributed by atoms with Crippen molar-refractivity contribution in [3.05, 3.63) is 12.2 Å². The highest BCUT2D eigenvalue weighted by atomic mass is 16.1. The van der Waals surface area contributed by atoms with Gasteiger partial charge in [-0.2, -0.15) is 0 Å². The van der Waals surface area contributed by atoms with E-state index >= 15 is 0 Å². The Labute approximate surface area is 115 Å². The zero-order chi connectivity index (χ0) is 14.0. The average molecular weight is 260 g/mol. The number of carbonyl (C=O) groups is 2. The third kappa shape index (κ3) is 1.55. The lowest BCUT2D eigenvalue weighted by molar-refractivity contribution is -0.178. The summed E-state index contributed by atoms with van der Waals surface area (Å²) in [6.07, 6.45) is 4.79. The Morgan fingerprint density at radius 1 is 1.37 bits per heavy atom. The molecule has 0 aromatic rings. The molecule has 4 bridgehead atoms. The molecule has 4 saturated carbocycles. The molecule has 0 aromatic heterocycles. The minimum atomic E-state index is 0.0786. The molecule has 4 rings (SSSR count). The van der Waals surface area contributed by atoms with E-state index in [1.54, 1.807) is 6.92 Å². The van der Waals surface area contributed by atoms with Crippen molar-refractivity contribution in [3.63, 3.8) is 0 Å². The highest BCUT2D eigenvalue weighted by molar-refractivity contribution is 5.98. The van der Waals surface area contributed by atoms with Crippen molar-refractivity contribution in [1.82, 2.24) is 0 Å². The Kier molecular flexibility index (Phi) is 2.62. The van der Waals surface area contributed by atoms with Gasteiger partial charge in [-0.05, 0) is 53.9 Å². The maximum atomic E-state index is 12.0. The molecule has 2 heteroatoms. The van der Waals surface area contributed by atoms with Gasteiger partial charge in [0.1, 0.15) is 5.78 Å². The monoisotopic (exact) mass is 260 g/mol. The second-order valence-electron chi connectivity index (χ2n) is 7.72. The molecule has 0 aromatic carbocycles. The van der Waals surface area contributed by atoms with Crippen LogP contribution in [0.4, 0.5) is 0 Å². The first-order chi connectivity index (χ1) is 8.79. The lowest BCUT2D eigenvalue weighted by Crippen LogP contribution is -2.65. The Morgan fingerprint density at radius 2 is 2.05 bits per heavy atom. The van der Waals surface area contributed by atoms with Gasteiger partial charge < -0.3 is 4.79 Å². The summed E-state index contributed by atoms with van der Waals surface area (Å²) in [5.41, 5.74) is 1.19. The van der Waals surface area contributed by atoms with E-state index < -0.39 is 0 Å². The van der Waals surface area contributed by atoms with Gasteiger partial charge in [-0.15, -0.1) is 0 Å². The molecule has 104 valence electrons. The SMILES string of the molecule is C=C1C(=O)CC2C3C1C2(CC(C)=O)CCCC3(C)C. The summed E-state index contributed by atoms with van der Waals surface area (Å²) in [5, 5.41) is 0. The molecule has 0 radical (unpaired) electrons.